The summed E-state index contributed by atoms with van der Waals surface area (Å²) in [5.74, 6) is -0.134. The first-order valence-corrected chi connectivity index (χ1v) is 5.09. The summed E-state index contributed by atoms with van der Waals surface area (Å²) in [6, 6.07) is 0. The van der Waals surface area contributed by atoms with Crippen molar-refractivity contribution in [1.29, 1.82) is 0 Å². The highest BCUT2D eigenvalue weighted by molar-refractivity contribution is 5.79. The van der Waals surface area contributed by atoms with Crippen molar-refractivity contribution >= 4 is 5.97 Å². The van der Waals surface area contributed by atoms with Gasteiger partial charge in [0.05, 0.1) is 0 Å². The monoisotopic (exact) mass is 185 g/mol. The van der Waals surface area contributed by atoms with Crippen LogP contribution in [0.2, 0.25) is 0 Å². The number of nitrogens with one attached hydrogen (secondary N) is 1. The molecule has 3 nitrogen and oxygen atoms in total. The van der Waals surface area contributed by atoms with Crippen molar-refractivity contribution in [2.75, 3.05) is 6.54 Å². The van der Waals surface area contributed by atoms with Crippen molar-refractivity contribution in [3.8, 4) is 0 Å². The molecule has 2 N–H and O–H groups in total. The number of carboxylic acids is 1. The molecule has 0 aliphatic heterocycles. The quantitative estimate of drug-likeness (QED) is 0.700. The van der Waals surface area contributed by atoms with Crippen LogP contribution >= 0.6 is 0 Å². The normalized spacial score (nSPS) is 33.5. The maximum atomic E-state index is 11.1. The van der Waals surface area contributed by atoms with Gasteiger partial charge < -0.3 is 10.4 Å². The molecule has 0 aromatic carbocycles. The summed E-state index contributed by atoms with van der Waals surface area (Å²) in [6.07, 6.45) is 3.58. The molecule has 0 aromatic heterocycles. The molecule has 0 radical (unpaired) electrons. The molecule has 76 valence electrons. The fraction of sp³-hybridized carbons (Fsp3) is 0.900. The average molecular weight is 185 g/mol. The summed E-state index contributed by atoms with van der Waals surface area (Å²) in [5.41, 5.74) is -0.616. The van der Waals surface area contributed by atoms with E-state index in [1.54, 1.807) is 0 Å². The Bertz CT molecular complexity index is 193. The minimum atomic E-state index is -0.676. The number of carbonyl (C=O) groups is 1. The maximum absolute atomic E-state index is 11.1. The van der Waals surface area contributed by atoms with Crippen molar-refractivity contribution in [3.63, 3.8) is 0 Å². The van der Waals surface area contributed by atoms with Crippen LogP contribution in [0, 0.1) is 5.92 Å². The first-order valence-electron chi connectivity index (χ1n) is 5.09. The second kappa shape index (κ2) is 4.09. The third-order valence-electron chi connectivity index (χ3n) is 2.88. The van der Waals surface area contributed by atoms with Crippen molar-refractivity contribution in [3.05, 3.63) is 0 Å². The zero-order valence-corrected chi connectivity index (χ0v) is 8.47. The molecule has 0 spiro atoms. The van der Waals surface area contributed by atoms with Crippen molar-refractivity contribution < 1.29 is 9.90 Å². The van der Waals surface area contributed by atoms with Gasteiger partial charge in [0.25, 0.3) is 0 Å². The zero-order chi connectivity index (χ0) is 9.90. The topological polar surface area (TPSA) is 49.3 Å². The van der Waals surface area contributed by atoms with E-state index in [1.807, 2.05) is 0 Å². The van der Waals surface area contributed by atoms with Gasteiger partial charge in [-0.2, -0.15) is 0 Å². The molecule has 2 atom stereocenters. The molecule has 1 aliphatic carbocycles. The minimum Gasteiger partial charge on any atom is -0.480 e. The third kappa shape index (κ3) is 2.21. The van der Waals surface area contributed by atoms with E-state index in [0.717, 1.165) is 32.2 Å². The number of hydrogen-bond donors (Lipinski definition) is 2. The molecule has 0 bridgehead atoms. The number of rotatable bonds is 4. The first-order chi connectivity index (χ1) is 6.10. The summed E-state index contributed by atoms with van der Waals surface area (Å²) < 4.78 is 0. The largest absolute Gasteiger partial charge is 0.480 e. The Kier molecular flexibility index (Phi) is 3.31. The van der Waals surface area contributed by atoms with Gasteiger partial charge in [-0.3, -0.25) is 4.79 Å². The summed E-state index contributed by atoms with van der Waals surface area (Å²) in [4.78, 5) is 11.1. The smallest absolute Gasteiger partial charge is 0.323 e. The van der Waals surface area contributed by atoms with E-state index in [9.17, 15) is 4.79 Å². The summed E-state index contributed by atoms with van der Waals surface area (Å²) in [7, 11) is 0. The highest BCUT2D eigenvalue weighted by Crippen LogP contribution is 2.34. The predicted octanol–water partition coefficient (Wildman–Crippen LogP) is 1.63. The summed E-state index contributed by atoms with van der Waals surface area (Å²) in [6.45, 7) is 4.98. The van der Waals surface area contributed by atoms with Crippen molar-refractivity contribution in [2.24, 2.45) is 5.92 Å². The van der Waals surface area contributed by atoms with Gasteiger partial charge in [-0.1, -0.05) is 13.8 Å². The Morgan fingerprint density at radius 1 is 1.69 bits per heavy atom. The minimum absolute atomic E-state index is 0.542. The predicted molar refractivity (Wildman–Crippen MR) is 51.7 cm³/mol. The lowest BCUT2D eigenvalue weighted by molar-refractivity contribution is -0.144. The molecule has 1 fully saturated rings. The Balaban J connectivity index is 2.60. The lowest BCUT2D eigenvalue weighted by Crippen LogP contribution is -2.50. The number of aliphatic carboxylic acids is 1. The SMILES string of the molecule is CCCNC1(C(=O)O)CCC(C)C1. The van der Waals surface area contributed by atoms with E-state index >= 15 is 0 Å². The Labute approximate surface area is 79.5 Å². The van der Waals surface area contributed by atoms with Crippen LogP contribution in [0.15, 0.2) is 0 Å². The molecule has 13 heavy (non-hydrogen) atoms. The van der Waals surface area contributed by atoms with Crippen LogP contribution < -0.4 is 5.32 Å². The van der Waals surface area contributed by atoms with Gasteiger partial charge in [0.15, 0.2) is 0 Å². The van der Waals surface area contributed by atoms with E-state index in [4.69, 9.17) is 5.11 Å². The molecule has 3 heteroatoms. The molecular formula is C10H19NO2. The van der Waals surface area contributed by atoms with Crippen LogP contribution in [0.1, 0.15) is 39.5 Å². The maximum Gasteiger partial charge on any atom is 0.323 e. The van der Waals surface area contributed by atoms with Crippen LogP contribution in [-0.2, 0) is 4.79 Å². The van der Waals surface area contributed by atoms with E-state index in [0.29, 0.717) is 5.92 Å². The summed E-state index contributed by atoms with van der Waals surface area (Å²) >= 11 is 0. The second-order valence-electron chi connectivity index (χ2n) is 4.16. The molecule has 0 saturated heterocycles. The molecule has 1 rings (SSSR count). The molecule has 1 saturated carbocycles. The van der Waals surface area contributed by atoms with E-state index in [-0.39, 0.29) is 0 Å². The Morgan fingerprint density at radius 3 is 2.77 bits per heavy atom. The van der Waals surface area contributed by atoms with Gasteiger partial charge >= 0.3 is 5.97 Å². The standard InChI is InChI=1S/C10H19NO2/c1-3-6-11-10(9(12)13)5-4-8(2)7-10/h8,11H,3-7H2,1-2H3,(H,12,13). The van der Waals surface area contributed by atoms with E-state index in [1.165, 1.54) is 0 Å². The van der Waals surface area contributed by atoms with Gasteiger partial charge in [-0.05, 0) is 38.1 Å². The van der Waals surface area contributed by atoms with Crippen molar-refractivity contribution in [2.45, 2.75) is 45.1 Å². The highest BCUT2D eigenvalue weighted by atomic mass is 16.4. The fourth-order valence-electron chi connectivity index (χ4n) is 2.09. The van der Waals surface area contributed by atoms with Gasteiger partial charge in [-0.15, -0.1) is 0 Å². The number of carboxylic acid groups (broad SMARTS) is 1. The Morgan fingerprint density at radius 2 is 2.38 bits per heavy atom. The van der Waals surface area contributed by atoms with Gasteiger partial charge in [0, 0.05) is 0 Å². The molecule has 1 aliphatic rings. The molecule has 2 unspecified atom stereocenters. The first kappa shape index (κ1) is 10.5. The highest BCUT2D eigenvalue weighted by Gasteiger charge is 2.43. The molecule has 0 aromatic rings. The molecule has 0 heterocycles. The Hall–Kier alpha value is -0.570. The van der Waals surface area contributed by atoms with Crippen LogP contribution in [0.25, 0.3) is 0 Å². The zero-order valence-electron chi connectivity index (χ0n) is 8.47. The molecular weight excluding hydrogens is 166 g/mol. The third-order valence-corrected chi connectivity index (χ3v) is 2.88. The fourth-order valence-corrected chi connectivity index (χ4v) is 2.09. The number of hydrogen-bond acceptors (Lipinski definition) is 2. The average Bonchev–Trinajstić information content (AvgIpc) is 2.45. The van der Waals surface area contributed by atoms with Crippen molar-refractivity contribution in [1.82, 2.24) is 5.32 Å². The van der Waals surface area contributed by atoms with E-state index in [2.05, 4.69) is 19.2 Å². The van der Waals surface area contributed by atoms with Crippen LogP contribution in [0.4, 0.5) is 0 Å². The van der Waals surface area contributed by atoms with E-state index < -0.39 is 11.5 Å². The van der Waals surface area contributed by atoms with Crippen LogP contribution in [0.5, 0.6) is 0 Å². The van der Waals surface area contributed by atoms with Gasteiger partial charge in [0.2, 0.25) is 0 Å². The van der Waals surface area contributed by atoms with Gasteiger partial charge in [-0.25, -0.2) is 0 Å². The second-order valence-corrected chi connectivity index (χ2v) is 4.16. The van der Waals surface area contributed by atoms with Crippen LogP contribution in [-0.4, -0.2) is 23.2 Å². The van der Waals surface area contributed by atoms with Gasteiger partial charge in [0.1, 0.15) is 5.54 Å². The van der Waals surface area contributed by atoms with Crippen LogP contribution in [0.3, 0.4) is 0 Å². The lowest BCUT2D eigenvalue weighted by Gasteiger charge is -2.25. The summed E-state index contributed by atoms with van der Waals surface area (Å²) in [5, 5.41) is 12.3. The molecule has 0 amide bonds. The lowest BCUT2D eigenvalue weighted by atomic mass is 9.96.